The number of fused-ring (bicyclic) bond motifs is 1. The van der Waals surface area contributed by atoms with E-state index < -0.39 is 28.5 Å². The Bertz CT molecular complexity index is 1420. The van der Waals surface area contributed by atoms with Gasteiger partial charge in [0.25, 0.3) is 15.9 Å². The number of nitrogens with one attached hydrogen (secondary N) is 1. The van der Waals surface area contributed by atoms with Crippen LogP contribution >= 0.6 is 11.3 Å². The number of rotatable bonds is 7. The van der Waals surface area contributed by atoms with Crippen molar-refractivity contribution in [1.82, 2.24) is 9.29 Å². The first-order valence-electron chi connectivity index (χ1n) is 10.4. The van der Waals surface area contributed by atoms with E-state index in [0.29, 0.717) is 16.9 Å². The summed E-state index contributed by atoms with van der Waals surface area (Å²) in [4.78, 5) is 33.1. The molecule has 2 heterocycles. The van der Waals surface area contributed by atoms with Crippen LogP contribution in [0, 0.1) is 6.92 Å². The van der Waals surface area contributed by atoms with Gasteiger partial charge >= 0.3 is 5.97 Å². The summed E-state index contributed by atoms with van der Waals surface area (Å²) in [6.07, 6.45) is 1.74. The van der Waals surface area contributed by atoms with E-state index in [-0.39, 0.29) is 23.7 Å². The maximum atomic E-state index is 12.2. The molecule has 3 aromatic rings. The number of thiazole rings is 1. The molecule has 34 heavy (non-hydrogen) atoms. The minimum atomic E-state index is -3.63. The molecule has 176 valence electrons. The fourth-order valence-corrected chi connectivity index (χ4v) is 5.26. The lowest BCUT2D eigenvalue weighted by molar-refractivity contribution is -0.147. The number of hydrogen-bond donors (Lipinski definition) is 1. The van der Waals surface area contributed by atoms with Gasteiger partial charge in [-0.1, -0.05) is 42.0 Å². The zero-order valence-corrected chi connectivity index (χ0v) is 19.9. The van der Waals surface area contributed by atoms with Gasteiger partial charge in [-0.3, -0.25) is 19.3 Å². The van der Waals surface area contributed by atoms with Crippen LogP contribution in [0.4, 0.5) is 0 Å². The SMILES string of the molecule is Cc1ccc(Cn2ccsc2=NC(=O)COC(=O)CCN=C2NS(=O)(=O)c3ccccc32)cc1. The number of benzene rings is 2. The number of carbonyl (C=O) groups is 2. The number of sulfonamides is 1. The number of aliphatic imine (C=N–C) groups is 1. The largest absolute Gasteiger partial charge is 0.455 e. The Morgan fingerprint density at radius 3 is 2.68 bits per heavy atom. The van der Waals surface area contributed by atoms with Gasteiger partial charge in [-0.2, -0.15) is 4.99 Å². The lowest BCUT2D eigenvalue weighted by Gasteiger charge is -2.04. The van der Waals surface area contributed by atoms with Crippen molar-refractivity contribution in [3.8, 4) is 0 Å². The molecule has 1 aromatic heterocycles. The maximum Gasteiger partial charge on any atom is 0.308 e. The van der Waals surface area contributed by atoms with E-state index in [2.05, 4.69) is 14.7 Å². The van der Waals surface area contributed by atoms with Gasteiger partial charge in [0.15, 0.2) is 11.4 Å². The second-order valence-corrected chi connectivity index (χ2v) is 10.1. The standard InChI is InChI=1S/C23H22N4O5S2/c1-16-6-8-17(9-7-16)14-27-12-13-33-23(27)25-20(28)15-32-21(29)10-11-24-22-18-4-2-3-5-19(18)34(30,31)26-22/h2-9,12-13H,10-11,14-15H2,1H3,(H,24,26). The molecule has 11 heteroatoms. The van der Waals surface area contributed by atoms with E-state index in [1.54, 1.807) is 18.2 Å². The normalized spacial score (nSPS) is 15.7. The molecule has 4 rings (SSSR count). The highest BCUT2D eigenvalue weighted by molar-refractivity contribution is 7.90. The summed E-state index contributed by atoms with van der Waals surface area (Å²) < 4.78 is 33.4. The van der Waals surface area contributed by atoms with Crippen molar-refractivity contribution in [2.75, 3.05) is 13.2 Å². The minimum Gasteiger partial charge on any atom is -0.455 e. The summed E-state index contributed by atoms with van der Waals surface area (Å²) in [5, 5.41) is 1.83. The van der Waals surface area contributed by atoms with Gasteiger partial charge in [0.05, 0.1) is 17.9 Å². The number of nitrogens with zero attached hydrogens (tertiary/aromatic N) is 3. The van der Waals surface area contributed by atoms with Crippen LogP contribution in [-0.2, 0) is 30.9 Å². The third-order valence-corrected chi connectivity index (χ3v) is 7.15. The van der Waals surface area contributed by atoms with Crippen LogP contribution in [0.15, 0.2) is 75.0 Å². The molecule has 2 aromatic carbocycles. The summed E-state index contributed by atoms with van der Waals surface area (Å²) in [6, 6.07) is 14.5. The minimum absolute atomic E-state index is 0.0117. The molecule has 0 atom stereocenters. The van der Waals surface area contributed by atoms with Gasteiger partial charge in [0, 0.05) is 23.7 Å². The number of amidine groups is 1. The number of hydrogen-bond acceptors (Lipinski definition) is 7. The molecule has 0 unspecified atom stereocenters. The summed E-state index contributed by atoms with van der Waals surface area (Å²) >= 11 is 1.32. The summed E-state index contributed by atoms with van der Waals surface area (Å²) in [5.74, 6) is -1.01. The monoisotopic (exact) mass is 498 g/mol. The maximum absolute atomic E-state index is 12.2. The lowest BCUT2D eigenvalue weighted by atomic mass is 10.1. The average molecular weight is 499 g/mol. The average Bonchev–Trinajstić information content (AvgIpc) is 3.35. The molecular weight excluding hydrogens is 476 g/mol. The second-order valence-electron chi connectivity index (χ2n) is 7.55. The third kappa shape index (κ3) is 5.67. The van der Waals surface area contributed by atoms with E-state index in [1.807, 2.05) is 47.3 Å². The van der Waals surface area contributed by atoms with E-state index in [4.69, 9.17) is 4.74 Å². The fourth-order valence-electron chi connectivity index (χ4n) is 3.26. The van der Waals surface area contributed by atoms with Crippen LogP contribution in [0.1, 0.15) is 23.1 Å². The Labute approximate surface area is 200 Å². The van der Waals surface area contributed by atoms with Crippen LogP contribution in [-0.4, -0.2) is 43.8 Å². The molecule has 0 saturated carbocycles. The highest BCUT2D eigenvalue weighted by Gasteiger charge is 2.29. The van der Waals surface area contributed by atoms with Gasteiger partial charge in [-0.05, 0) is 24.6 Å². The number of esters is 1. The van der Waals surface area contributed by atoms with E-state index in [9.17, 15) is 18.0 Å². The van der Waals surface area contributed by atoms with Gasteiger partial charge < -0.3 is 9.30 Å². The first kappa shape index (κ1) is 23.6. The highest BCUT2D eigenvalue weighted by atomic mass is 32.2. The molecule has 9 nitrogen and oxygen atoms in total. The highest BCUT2D eigenvalue weighted by Crippen LogP contribution is 2.22. The van der Waals surface area contributed by atoms with Crippen molar-refractivity contribution in [3.63, 3.8) is 0 Å². The molecular formula is C23H22N4O5S2. The van der Waals surface area contributed by atoms with Crippen molar-refractivity contribution >= 4 is 39.1 Å². The number of ether oxygens (including phenoxy) is 1. The molecule has 1 N–H and O–H groups in total. The Balaban J connectivity index is 1.29. The van der Waals surface area contributed by atoms with Gasteiger partial charge in [-0.15, -0.1) is 11.3 Å². The van der Waals surface area contributed by atoms with E-state index >= 15 is 0 Å². The number of carbonyl (C=O) groups excluding carboxylic acids is 2. The number of aromatic nitrogens is 1. The Hall–Kier alpha value is -3.57. The number of amides is 1. The molecule has 1 aliphatic rings. The fraction of sp³-hybridized carbons (Fsp3) is 0.217. The van der Waals surface area contributed by atoms with Crippen molar-refractivity contribution in [2.24, 2.45) is 9.98 Å². The van der Waals surface area contributed by atoms with Crippen LogP contribution in [0.25, 0.3) is 0 Å². The summed E-state index contributed by atoms with van der Waals surface area (Å²) in [5.41, 5.74) is 2.71. The molecule has 0 saturated heterocycles. The van der Waals surface area contributed by atoms with Crippen LogP contribution < -0.4 is 9.52 Å². The quantitative estimate of drug-likeness (QED) is 0.500. The van der Waals surface area contributed by atoms with Crippen LogP contribution in [0.5, 0.6) is 0 Å². The molecule has 0 aliphatic carbocycles. The molecule has 0 bridgehead atoms. The van der Waals surface area contributed by atoms with Gasteiger partial charge in [0.2, 0.25) is 0 Å². The zero-order chi connectivity index (χ0) is 24.1. The van der Waals surface area contributed by atoms with Crippen molar-refractivity contribution < 1.29 is 22.7 Å². The molecule has 0 radical (unpaired) electrons. The lowest BCUT2D eigenvalue weighted by Crippen LogP contribution is -2.23. The molecule has 0 spiro atoms. The smallest absolute Gasteiger partial charge is 0.308 e. The summed E-state index contributed by atoms with van der Waals surface area (Å²) in [7, 11) is -3.63. The second kappa shape index (κ2) is 10.1. The van der Waals surface area contributed by atoms with E-state index in [1.165, 1.54) is 23.0 Å². The number of aryl methyl sites for hydroxylation is 1. The predicted octanol–water partition coefficient (Wildman–Crippen LogP) is 2.01. The van der Waals surface area contributed by atoms with Gasteiger partial charge in [-0.25, -0.2) is 8.42 Å². The third-order valence-electron chi connectivity index (χ3n) is 4.96. The molecule has 0 fully saturated rings. The summed E-state index contributed by atoms with van der Waals surface area (Å²) in [6.45, 7) is 2.12. The first-order chi connectivity index (χ1) is 16.3. The first-order valence-corrected chi connectivity index (χ1v) is 12.8. The predicted molar refractivity (Wildman–Crippen MR) is 127 cm³/mol. The Morgan fingerprint density at radius 1 is 1.12 bits per heavy atom. The van der Waals surface area contributed by atoms with Crippen molar-refractivity contribution in [1.29, 1.82) is 0 Å². The van der Waals surface area contributed by atoms with Gasteiger partial charge in [0.1, 0.15) is 5.84 Å². The zero-order valence-electron chi connectivity index (χ0n) is 18.3. The van der Waals surface area contributed by atoms with Crippen molar-refractivity contribution in [2.45, 2.75) is 24.8 Å². The Kier molecular flexibility index (Phi) is 7.03. The molecule has 1 aliphatic heterocycles. The van der Waals surface area contributed by atoms with Crippen LogP contribution in [0.3, 0.4) is 0 Å². The van der Waals surface area contributed by atoms with Crippen LogP contribution in [0.2, 0.25) is 0 Å². The molecule has 1 amide bonds. The van der Waals surface area contributed by atoms with E-state index in [0.717, 1.165) is 5.56 Å². The topological polar surface area (TPSA) is 119 Å². The van der Waals surface area contributed by atoms with Crippen molar-refractivity contribution in [3.05, 3.63) is 81.6 Å². The Morgan fingerprint density at radius 2 is 1.88 bits per heavy atom.